The number of rotatable bonds is 2. The van der Waals surface area contributed by atoms with Gasteiger partial charge in [0, 0.05) is 5.56 Å². The van der Waals surface area contributed by atoms with Gasteiger partial charge < -0.3 is 9.64 Å². The zero-order chi connectivity index (χ0) is 14.7. The van der Waals surface area contributed by atoms with E-state index in [-0.39, 0.29) is 11.9 Å². The van der Waals surface area contributed by atoms with E-state index in [0.717, 1.165) is 16.9 Å². The minimum Gasteiger partial charge on any atom is -0.491 e. The number of benzene rings is 2. The van der Waals surface area contributed by atoms with Crippen molar-refractivity contribution in [2.75, 3.05) is 13.2 Å². The highest BCUT2D eigenvalue weighted by atomic mass is 16.5. The summed E-state index contributed by atoms with van der Waals surface area (Å²) in [6.07, 6.45) is 0.438. The Labute approximate surface area is 125 Å². The molecule has 2 aromatic rings. The van der Waals surface area contributed by atoms with Gasteiger partial charge in [0.25, 0.3) is 0 Å². The van der Waals surface area contributed by atoms with Crippen LogP contribution in [0.1, 0.15) is 24.1 Å². The van der Waals surface area contributed by atoms with Crippen LogP contribution in [-0.2, 0) is 11.2 Å². The lowest BCUT2D eigenvalue weighted by Crippen LogP contribution is -2.36. The van der Waals surface area contributed by atoms with Crippen LogP contribution in [0, 0.1) is 0 Å². The number of nitrogens with zero attached hydrogens (tertiary/aromatic N) is 1. The Bertz CT molecular complexity index is 624. The molecule has 0 aromatic heterocycles. The van der Waals surface area contributed by atoms with Gasteiger partial charge in [-0.3, -0.25) is 4.79 Å². The number of para-hydroxylation sites is 1. The highest BCUT2D eigenvalue weighted by Crippen LogP contribution is 2.31. The lowest BCUT2D eigenvalue weighted by Gasteiger charge is -2.27. The summed E-state index contributed by atoms with van der Waals surface area (Å²) in [7, 11) is 0. The Morgan fingerprint density at radius 2 is 1.86 bits per heavy atom. The van der Waals surface area contributed by atoms with Gasteiger partial charge in [0.2, 0.25) is 5.91 Å². The standard InChI is InChI=1S/C18H19NO2/c1-14-16-9-5-6-10-17(16)21-12-11-19(14)18(20)13-15-7-3-2-4-8-15/h2-10,14H,11-13H2,1H3. The van der Waals surface area contributed by atoms with E-state index < -0.39 is 0 Å². The maximum atomic E-state index is 12.6. The van der Waals surface area contributed by atoms with Crippen molar-refractivity contribution < 1.29 is 9.53 Å². The molecule has 1 unspecified atom stereocenters. The topological polar surface area (TPSA) is 29.5 Å². The average Bonchev–Trinajstić information content (AvgIpc) is 2.68. The summed E-state index contributed by atoms with van der Waals surface area (Å²) in [4.78, 5) is 14.5. The molecule has 1 atom stereocenters. The van der Waals surface area contributed by atoms with Crippen molar-refractivity contribution in [2.24, 2.45) is 0 Å². The molecule has 1 heterocycles. The molecule has 0 N–H and O–H groups in total. The summed E-state index contributed by atoms with van der Waals surface area (Å²) in [6.45, 7) is 3.24. The summed E-state index contributed by atoms with van der Waals surface area (Å²) in [6, 6.07) is 17.9. The maximum absolute atomic E-state index is 12.6. The maximum Gasteiger partial charge on any atom is 0.227 e. The third-order valence-corrected chi connectivity index (χ3v) is 3.94. The van der Waals surface area contributed by atoms with E-state index in [4.69, 9.17) is 4.74 Å². The van der Waals surface area contributed by atoms with Gasteiger partial charge in [-0.2, -0.15) is 0 Å². The normalized spacial score (nSPS) is 17.6. The number of ether oxygens (including phenoxy) is 1. The molecule has 0 spiro atoms. The second-order valence-electron chi connectivity index (χ2n) is 5.31. The zero-order valence-corrected chi connectivity index (χ0v) is 12.2. The first-order valence-electron chi connectivity index (χ1n) is 7.31. The first-order chi connectivity index (χ1) is 10.3. The zero-order valence-electron chi connectivity index (χ0n) is 12.2. The summed E-state index contributed by atoms with van der Waals surface area (Å²) in [5.74, 6) is 1.04. The number of hydrogen-bond donors (Lipinski definition) is 0. The molecule has 108 valence electrons. The van der Waals surface area contributed by atoms with Crippen LogP contribution in [0.4, 0.5) is 0 Å². The SMILES string of the molecule is CC1c2ccccc2OCCN1C(=O)Cc1ccccc1. The van der Waals surface area contributed by atoms with Crippen LogP contribution in [0.2, 0.25) is 0 Å². The van der Waals surface area contributed by atoms with Crippen molar-refractivity contribution in [1.29, 1.82) is 0 Å². The summed E-state index contributed by atoms with van der Waals surface area (Å²) >= 11 is 0. The van der Waals surface area contributed by atoms with Gasteiger partial charge in [0.15, 0.2) is 0 Å². The van der Waals surface area contributed by atoms with Crippen molar-refractivity contribution in [2.45, 2.75) is 19.4 Å². The van der Waals surface area contributed by atoms with Crippen LogP contribution >= 0.6 is 0 Å². The predicted molar refractivity (Wildman–Crippen MR) is 82.2 cm³/mol. The Balaban J connectivity index is 1.80. The second-order valence-corrected chi connectivity index (χ2v) is 5.31. The Kier molecular flexibility index (Phi) is 3.91. The first kappa shape index (κ1) is 13.7. The molecule has 3 heteroatoms. The summed E-state index contributed by atoms with van der Waals surface area (Å²) in [5.41, 5.74) is 2.13. The molecule has 1 amide bonds. The van der Waals surface area contributed by atoms with Crippen LogP contribution in [0.5, 0.6) is 5.75 Å². The molecule has 0 aliphatic carbocycles. The molecule has 0 fully saturated rings. The molecule has 3 rings (SSSR count). The Hall–Kier alpha value is -2.29. The lowest BCUT2D eigenvalue weighted by atomic mass is 10.0. The van der Waals surface area contributed by atoms with Gasteiger partial charge in [0.05, 0.1) is 19.0 Å². The Morgan fingerprint density at radius 1 is 1.14 bits per heavy atom. The Morgan fingerprint density at radius 3 is 2.67 bits per heavy atom. The molecule has 0 saturated heterocycles. The van der Waals surface area contributed by atoms with Gasteiger partial charge in [-0.1, -0.05) is 48.5 Å². The van der Waals surface area contributed by atoms with Gasteiger partial charge in [0.1, 0.15) is 12.4 Å². The van der Waals surface area contributed by atoms with Crippen LogP contribution in [-0.4, -0.2) is 24.0 Å². The molecule has 21 heavy (non-hydrogen) atoms. The van der Waals surface area contributed by atoms with Gasteiger partial charge >= 0.3 is 0 Å². The molecule has 0 radical (unpaired) electrons. The third kappa shape index (κ3) is 2.92. The number of carbonyl (C=O) groups is 1. The van der Waals surface area contributed by atoms with E-state index in [2.05, 4.69) is 6.92 Å². The number of fused-ring (bicyclic) bond motifs is 1. The highest BCUT2D eigenvalue weighted by molar-refractivity contribution is 5.79. The number of amides is 1. The van der Waals surface area contributed by atoms with E-state index in [9.17, 15) is 4.79 Å². The molecule has 2 aromatic carbocycles. The number of carbonyl (C=O) groups excluding carboxylic acids is 1. The molecule has 3 nitrogen and oxygen atoms in total. The van der Waals surface area contributed by atoms with E-state index in [1.54, 1.807) is 0 Å². The van der Waals surface area contributed by atoms with Crippen molar-refractivity contribution in [3.05, 3.63) is 65.7 Å². The molecular weight excluding hydrogens is 262 g/mol. The molecule has 0 saturated carbocycles. The van der Waals surface area contributed by atoms with Crippen LogP contribution in [0.15, 0.2) is 54.6 Å². The minimum absolute atomic E-state index is 0.0416. The van der Waals surface area contributed by atoms with E-state index in [1.165, 1.54) is 0 Å². The minimum atomic E-state index is 0.0416. The van der Waals surface area contributed by atoms with Gasteiger partial charge in [-0.05, 0) is 18.6 Å². The first-order valence-corrected chi connectivity index (χ1v) is 7.31. The quantitative estimate of drug-likeness (QED) is 0.846. The highest BCUT2D eigenvalue weighted by Gasteiger charge is 2.26. The van der Waals surface area contributed by atoms with E-state index >= 15 is 0 Å². The van der Waals surface area contributed by atoms with Crippen molar-refractivity contribution in [1.82, 2.24) is 4.90 Å². The average molecular weight is 281 g/mol. The number of hydrogen-bond acceptors (Lipinski definition) is 2. The van der Waals surface area contributed by atoms with Crippen LogP contribution in [0.25, 0.3) is 0 Å². The molecule has 1 aliphatic rings. The van der Waals surface area contributed by atoms with E-state index in [1.807, 2.05) is 59.5 Å². The van der Waals surface area contributed by atoms with E-state index in [0.29, 0.717) is 19.6 Å². The van der Waals surface area contributed by atoms with Crippen LogP contribution < -0.4 is 4.74 Å². The molecule has 0 bridgehead atoms. The predicted octanol–water partition coefficient (Wildman–Crippen LogP) is 3.21. The summed E-state index contributed by atoms with van der Waals surface area (Å²) < 4.78 is 5.76. The molecular formula is C18H19NO2. The van der Waals surface area contributed by atoms with Crippen LogP contribution in [0.3, 0.4) is 0 Å². The van der Waals surface area contributed by atoms with Gasteiger partial charge in [-0.25, -0.2) is 0 Å². The van der Waals surface area contributed by atoms with Crippen molar-refractivity contribution in [3.8, 4) is 5.75 Å². The smallest absolute Gasteiger partial charge is 0.227 e. The van der Waals surface area contributed by atoms with Crippen molar-refractivity contribution >= 4 is 5.91 Å². The van der Waals surface area contributed by atoms with Gasteiger partial charge in [-0.15, -0.1) is 0 Å². The molecule has 1 aliphatic heterocycles. The largest absolute Gasteiger partial charge is 0.491 e. The fourth-order valence-corrected chi connectivity index (χ4v) is 2.79. The van der Waals surface area contributed by atoms with Crippen molar-refractivity contribution in [3.63, 3.8) is 0 Å². The second kappa shape index (κ2) is 6.00. The third-order valence-electron chi connectivity index (χ3n) is 3.94. The monoisotopic (exact) mass is 281 g/mol. The fourth-order valence-electron chi connectivity index (χ4n) is 2.79. The fraction of sp³-hybridized carbons (Fsp3) is 0.278. The lowest BCUT2D eigenvalue weighted by molar-refractivity contribution is -0.132. The summed E-state index contributed by atoms with van der Waals surface area (Å²) in [5, 5.41) is 0.